The summed E-state index contributed by atoms with van der Waals surface area (Å²) in [5, 5.41) is 4.95. The van der Waals surface area contributed by atoms with Gasteiger partial charge in [0.15, 0.2) is 5.65 Å². The summed E-state index contributed by atoms with van der Waals surface area (Å²) in [4.78, 5) is 21.3. The number of fused-ring (bicyclic) bond motifs is 5. The van der Waals surface area contributed by atoms with Crippen LogP contribution in [0.2, 0.25) is 5.02 Å². The Hall–Kier alpha value is -2.85. The molecule has 2 aromatic heterocycles. The lowest BCUT2D eigenvalue weighted by molar-refractivity contribution is 0.00713. The number of hydrogen-bond acceptors (Lipinski definition) is 5. The van der Waals surface area contributed by atoms with Crippen LogP contribution in [0.5, 0.6) is 5.75 Å². The predicted molar refractivity (Wildman–Crippen MR) is 121 cm³/mol. The van der Waals surface area contributed by atoms with Crippen molar-refractivity contribution in [3.05, 3.63) is 58.3 Å². The Balaban J connectivity index is 1.20. The smallest absolute Gasteiger partial charge is 0.258 e. The first kappa shape index (κ1) is 22.6. The van der Waals surface area contributed by atoms with Crippen LogP contribution in [0.3, 0.4) is 0 Å². The molecule has 1 amide bonds. The minimum absolute atomic E-state index is 0.0198. The third-order valence-electron chi connectivity index (χ3n) is 7.25. The van der Waals surface area contributed by atoms with Gasteiger partial charge < -0.3 is 9.64 Å². The molecule has 0 aliphatic carbocycles. The zero-order valence-corrected chi connectivity index (χ0v) is 19.5. The van der Waals surface area contributed by atoms with E-state index < -0.39 is 12.2 Å². The second kappa shape index (κ2) is 8.67. The van der Waals surface area contributed by atoms with Crippen LogP contribution in [0.25, 0.3) is 5.65 Å². The molecule has 35 heavy (non-hydrogen) atoms. The van der Waals surface area contributed by atoms with Gasteiger partial charge in [0.2, 0.25) is 0 Å². The molecule has 3 aliphatic rings. The summed E-state index contributed by atoms with van der Waals surface area (Å²) in [5.41, 5.74) is 2.50. The summed E-state index contributed by atoms with van der Waals surface area (Å²) in [7, 11) is 0. The van der Waals surface area contributed by atoms with Crippen molar-refractivity contribution in [3.63, 3.8) is 0 Å². The van der Waals surface area contributed by atoms with E-state index in [9.17, 15) is 18.0 Å². The normalized spacial score (nSPS) is 23.9. The molecule has 7 nitrogen and oxygen atoms in total. The Labute approximate surface area is 204 Å². The van der Waals surface area contributed by atoms with Gasteiger partial charge in [-0.05, 0) is 37.8 Å². The fourth-order valence-corrected chi connectivity index (χ4v) is 5.90. The lowest BCUT2D eigenvalue weighted by Crippen LogP contribution is -2.48. The number of benzene rings is 1. The number of rotatable bonds is 5. The van der Waals surface area contributed by atoms with Gasteiger partial charge in [0, 0.05) is 29.9 Å². The fraction of sp³-hybridized carbons (Fsp3) is 0.458. The topological polar surface area (TPSA) is 63.0 Å². The van der Waals surface area contributed by atoms with Gasteiger partial charge in [0.25, 0.3) is 12.3 Å². The summed E-state index contributed by atoms with van der Waals surface area (Å²) in [6.45, 7) is 0.382. The second-order valence-corrected chi connectivity index (χ2v) is 9.89. The number of halogens is 4. The van der Waals surface area contributed by atoms with Gasteiger partial charge in [-0.3, -0.25) is 9.69 Å². The van der Waals surface area contributed by atoms with Crippen LogP contribution >= 0.6 is 11.6 Å². The number of aromatic nitrogens is 3. The number of hydrogen-bond donors (Lipinski definition) is 0. The highest BCUT2D eigenvalue weighted by atomic mass is 35.5. The first-order valence-corrected chi connectivity index (χ1v) is 12.0. The van der Waals surface area contributed by atoms with Crippen molar-refractivity contribution in [2.75, 3.05) is 6.54 Å². The average Bonchev–Trinajstić information content (AvgIpc) is 3.42. The van der Waals surface area contributed by atoms with Crippen molar-refractivity contribution in [2.24, 2.45) is 0 Å². The molecule has 6 rings (SSSR count). The van der Waals surface area contributed by atoms with Gasteiger partial charge in [-0.15, -0.1) is 0 Å². The number of alkyl halides is 2. The number of piperidine rings is 1. The molecule has 3 aromatic rings. The molecule has 11 heteroatoms. The molecule has 5 heterocycles. The largest absolute Gasteiger partial charge is 0.489 e. The van der Waals surface area contributed by atoms with Crippen molar-refractivity contribution in [1.82, 2.24) is 24.4 Å². The van der Waals surface area contributed by atoms with Crippen molar-refractivity contribution < 1.29 is 22.7 Å². The zero-order chi connectivity index (χ0) is 24.3. The molecule has 2 bridgehead atoms. The van der Waals surface area contributed by atoms with Crippen molar-refractivity contribution in [2.45, 2.75) is 63.4 Å². The molecule has 184 valence electrons. The van der Waals surface area contributed by atoms with Crippen LogP contribution in [0, 0.1) is 5.82 Å². The fourth-order valence-electron chi connectivity index (χ4n) is 5.76. The van der Waals surface area contributed by atoms with E-state index in [1.165, 1.54) is 24.4 Å². The monoisotopic (exact) mass is 505 g/mol. The summed E-state index contributed by atoms with van der Waals surface area (Å²) in [5.74, 6) is -0.605. The average molecular weight is 506 g/mol. The molecule has 2 fully saturated rings. The number of nitrogens with zero attached hydrogens (tertiary/aromatic N) is 5. The van der Waals surface area contributed by atoms with E-state index in [0.29, 0.717) is 36.6 Å². The summed E-state index contributed by atoms with van der Waals surface area (Å²) < 4.78 is 47.9. The third-order valence-corrected chi connectivity index (χ3v) is 7.45. The van der Waals surface area contributed by atoms with E-state index in [1.807, 2.05) is 4.90 Å². The van der Waals surface area contributed by atoms with E-state index in [4.69, 9.17) is 16.3 Å². The standard InChI is InChI=1S/C24H23ClF3N5O2/c25-13-8-29-23-19-10-31(11-20(19)30-33(23)9-13)24(34)18-4-1-14(26)5-21(18)35-17-6-15-2-3-16(7-17)32(15)12-22(27)28/h1,4-5,8-9,15-17,22H,2-3,6-7,10-12H2. The van der Waals surface area contributed by atoms with E-state index >= 15 is 0 Å². The molecule has 2 atom stereocenters. The molecular formula is C24H23ClF3N5O2. The summed E-state index contributed by atoms with van der Waals surface area (Å²) in [6.07, 6.45) is 3.42. The maximum Gasteiger partial charge on any atom is 0.258 e. The summed E-state index contributed by atoms with van der Waals surface area (Å²) in [6, 6.07) is 3.95. The number of ether oxygens (including phenoxy) is 1. The Bertz CT molecular complexity index is 1290. The van der Waals surface area contributed by atoms with Crippen LogP contribution in [0.4, 0.5) is 13.2 Å². The van der Waals surface area contributed by atoms with Crippen LogP contribution < -0.4 is 4.74 Å². The zero-order valence-electron chi connectivity index (χ0n) is 18.7. The Morgan fingerprint density at radius 1 is 1.20 bits per heavy atom. The molecular weight excluding hydrogens is 483 g/mol. The number of amides is 1. The molecule has 0 saturated carbocycles. The molecule has 0 radical (unpaired) electrons. The van der Waals surface area contributed by atoms with Crippen LogP contribution in [-0.4, -0.2) is 61.5 Å². The Morgan fingerprint density at radius 2 is 1.97 bits per heavy atom. The Morgan fingerprint density at radius 3 is 2.71 bits per heavy atom. The van der Waals surface area contributed by atoms with E-state index in [1.54, 1.807) is 15.6 Å². The van der Waals surface area contributed by atoms with Crippen LogP contribution in [-0.2, 0) is 13.1 Å². The van der Waals surface area contributed by atoms with E-state index in [-0.39, 0.29) is 42.0 Å². The molecule has 0 N–H and O–H groups in total. The minimum atomic E-state index is -2.37. The maximum absolute atomic E-state index is 14.2. The first-order chi connectivity index (χ1) is 16.9. The van der Waals surface area contributed by atoms with Gasteiger partial charge >= 0.3 is 0 Å². The predicted octanol–water partition coefficient (Wildman–Crippen LogP) is 4.32. The van der Waals surface area contributed by atoms with Crippen LogP contribution in [0.15, 0.2) is 30.6 Å². The summed E-state index contributed by atoms with van der Waals surface area (Å²) >= 11 is 5.99. The SMILES string of the molecule is O=C(c1ccc(F)cc1OC1CC2CCC(C1)N2CC(F)F)N1Cc2nn3cc(Cl)cnc3c2C1. The highest BCUT2D eigenvalue weighted by Crippen LogP contribution is 2.38. The highest BCUT2D eigenvalue weighted by molar-refractivity contribution is 6.30. The first-order valence-electron chi connectivity index (χ1n) is 11.7. The van der Waals surface area contributed by atoms with E-state index in [2.05, 4.69) is 10.1 Å². The molecule has 3 aliphatic heterocycles. The highest BCUT2D eigenvalue weighted by Gasteiger charge is 2.42. The van der Waals surface area contributed by atoms with Crippen molar-refractivity contribution >= 4 is 23.2 Å². The number of carbonyl (C=O) groups excluding carboxylic acids is 1. The lowest BCUT2D eigenvalue weighted by Gasteiger charge is -2.38. The van der Waals surface area contributed by atoms with Gasteiger partial charge in [0.1, 0.15) is 17.7 Å². The molecule has 0 spiro atoms. The second-order valence-electron chi connectivity index (χ2n) is 9.45. The van der Waals surface area contributed by atoms with Crippen molar-refractivity contribution in [1.29, 1.82) is 0 Å². The Kier molecular flexibility index (Phi) is 5.60. The third kappa shape index (κ3) is 4.12. The minimum Gasteiger partial charge on any atom is -0.489 e. The van der Waals surface area contributed by atoms with Gasteiger partial charge in [-0.25, -0.2) is 22.7 Å². The number of carbonyl (C=O) groups is 1. The lowest BCUT2D eigenvalue weighted by atomic mass is 9.99. The van der Waals surface area contributed by atoms with Crippen molar-refractivity contribution in [3.8, 4) is 5.75 Å². The van der Waals surface area contributed by atoms with Crippen LogP contribution in [0.1, 0.15) is 47.3 Å². The molecule has 2 unspecified atom stereocenters. The van der Waals surface area contributed by atoms with Gasteiger partial charge in [0.05, 0.1) is 42.1 Å². The van der Waals surface area contributed by atoms with Gasteiger partial charge in [-0.2, -0.15) is 5.10 Å². The van der Waals surface area contributed by atoms with E-state index in [0.717, 1.165) is 24.1 Å². The molecule has 2 saturated heterocycles. The van der Waals surface area contributed by atoms with Gasteiger partial charge in [-0.1, -0.05) is 11.6 Å². The molecule has 1 aromatic carbocycles. The quantitative estimate of drug-likeness (QED) is 0.517. The maximum atomic E-state index is 14.2.